The lowest BCUT2D eigenvalue weighted by molar-refractivity contribution is 0.107. The number of terminal acetylenes is 1. The second kappa shape index (κ2) is 14.2. The van der Waals surface area contributed by atoms with Crippen LogP contribution in [0.5, 0.6) is 11.8 Å². The Hall–Kier alpha value is -5.76. The van der Waals surface area contributed by atoms with Gasteiger partial charge in [-0.15, -0.1) is 15.6 Å². The number of piperazine rings is 1. The van der Waals surface area contributed by atoms with Gasteiger partial charge in [-0.3, -0.25) is 9.88 Å². The van der Waals surface area contributed by atoms with Crippen LogP contribution in [0.4, 0.5) is 14.6 Å². The summed E-state index contributed by atoms with van der Waals surface area (Å²) in [7, 11) is -3.89. The van der Waals surface area contributed by atoms with E-state index in [1.165, 1.54) is 24.5 Å². The third kappa shape index (κ3) is 6.33. The van der Waals surface area contributed by atoms with E-state index in [-0.39, 0.29) is 51.8 Å². The van der Waals surface area contributed by atoms with E-state index in [2.05, 4.69) is 36.1 Å². The minimum absolute atomic E-state index is 0.00858. The van der Waals surface area contributed by atoms with Crippen molar-refractivity contribution in [2.45, 2.75) is 79.5 Å². The molecule has 11 rings (SSSR count). The van der Waals surface area contributed by atoms with E-state index in [9.17, 15) is 12.8 Å². The maximum absolute atomic E-state index is 17.1. The number of rotatable bonds is 10. The lowest BCUT2D eigenvalue weighted by Crippen LogP contribution is -2.51. The number of pyridine rings is 1. The normalized spacial score (nSPS) is 23.9. The molecule has 1 saturated carbocycles. The molecule has 6 aromatic rings. The average Bonchev–Trinajstić information content (AvgIpc) is 3.51. The average molecular weight is 830 g/mol. The van der Waals surface area contributed by atoms with Gasteiger partial charge in [0.05, 0.1) is 21.4 Å². The van der Waals surface area contributed by atoms with Crippen molar-refractivity contribution in [2.24, 2.45) is 0 Å². The maximum Gasteiger partial charge on any atom is 0.319 e. The summed E-state index contributed by atoms with van der Waals surface area (Å²) in [5.74, 6) is 3.14. The number of halogens is 2. The van der Waals surface area contributed by atoms with Gasteiger partial charge in [0.15, 0.2) is 11.6 Å². The van der Waals surface area contributed by atoms with Crippen molar-refractivity contribution in [3.63, 3.8) is 0 Å². The number of ether oxygens (including phenoxy) is 2. The van der Waals surface area contributed by atoms with Gasteiger partial charge in [0.2, 0.25) is 0 Å². The van der Waals surface area contributed by atoms with Gasteiger partial charge in [0.1, 0.15) is 47.6 Å². The summed E-state index contributed by atoms with van der Waals surface area (Å²) in [6.07, 6.45) is 15.0. The second-order valence-electron chi connectivity index (χ2n) is 16.8. The molecular formula is C44H41F2N9O4S. The zero-order chi connectivity index (χ0) is 40.8. The van der Waals surface area contributed by atoms with Crippen LogP contribution in [0.15, 0.2) is 72.0 Å². The van der Waals surface area contributed by atoms with E-state index in [1.807, 2.05) is 0 Å². The van der Waals surface area contributed by atoms with Crippen molar-refractivity contribution in [2.75, 3.05) is 37.7 Å². The summed E-state index contributed by atoms with van der Waals surface area (Å²) in [6.45, 7) is 3.18. The largest absolute Gasteiger partial charge is 0.489 e. The zero-order valence-corrected chi connectivity index (χ0v) is 33.4. The van der Waals surface area contributed by atoms with Gasteiger partial charge in [-0.05, 0) is 80.8 Å². The molecule has 4 saturated heterocycles. The molecule has 2 bridgehead atoms. The number of nitrogens with one attached hydrogen (secondary N) is 1. The summed E-state index contributed by atoms with van der Waals surface area (Å²) in [4.78, 5) is 23.1. The molecule has 5 aliphatic rings. The molecule has 16 heteroatoms. The van der Waals surface area contributed by atoms with E-state index in [0.717, 1.165) is 49.2 Å². The Morgan fingerprint density at radius 1 is 0.967 bits per heavy atom. The quantitative estimate of drug-likeness (QED) is 0.167. The van der Waals surface area contributed by atoms with Gasteiger partial charge < -0.3 is 19.7 Å². The smallest absolute Gasteiger partial charge is 0.319 e. The molecule has 0 unspecified atom stereocenters. The zero-order valence-electron chi connectivity index (χ0n) is 32.6. The summed E-state index contributed by atoms with van der Waals surface area (Å²) in [6, 6.07) is 15.3. The highest BCUT2D eigenvalue weighted by Crippen LogP contribution is 2.42. The number of anilines is 1. The van der Waals surface area contributed by atoms with E-state index >= 15 is 4.39 Å². The van der Waals surface area contributed by atoms with Gasteiger partial charge >= 0.3 is 6.01 Å². The molecule has 13 nitrogen and oxygen atoms in total. The van der Waals surface area contributed by atoms with Crippen molar-refractivity contribution in [3.05, 3.63) is 90.1 Å². The lowest BCUT2D eigenvalue weighted by atomic mass is 9.94. The number of hydrogen-bond acceptors (Lipinski definition) is 12. The predicted molar refractivity (Wildman–Crippen MR) is 219 cm³/mol. The molecular weight excluding hydrogens is 789 g/mol. The van der Waals surface area contributed by atoms with Crippen LogP contribution in [0.1, 0.15) is 62.3 Å². The van der Waals surface area contributed by atoms with Gasteiger partial charge in [0, 0.05) is 61.2 Å². The van der Waals surface area contributed by atoms with E-state index < -0.39 is 21.7 Å². The van der Waals surface area contributed by atoms with Crippen LogP contribution in [0.3, 0.4) is 0 Å². The van der Waals surface area contributed by atoms with Crippen LogP contribution in [-0.4, -0.2) is 99.0 Å². The molecule has 60 heavy (non-hydrogen) atoms. The van der Waals surface area contributed by atoms with Crippen molar-refractivity contribution in [1.29, 1.82) is 0 Å². The van der Waals surface area contributed by atoms with Crippen molar-refractivity contribution in [3.8, 4) is 35.4 Å². The first-order chi connectivity index (χ1) is 29.2. The standard InChI is InChI=1S/C44H41F2N9O4S/c1-2-33-36(45)16-9-26-5-3-6-34(37(26)33)39-38(46)40-35(20-47-39)42(53-21-28-10-11-29(22-53)49-28)51-43(50-40)58-24-44-17-4-18-54(44)23-31(19-44)59-30-12-14-32(15-13-30)60(56,57)55-25-48-41(52-55)27-7-8-27/h1,3,5-6,9,12-16,20,25,27-29,31,49H,4,7-8,10-11,17-19,21-24H2/t28-,29+,31-,44-/m1/s1. The predicted octanol–water partition coefficient (Wildman–Crippen LogP) is 5.82. The fourth-order valence-corrected chi connectivity index (χ4v) is 10.9. The molecule has 0 spiro atoms. The topological polar surface area (TPSA) is 140 Å². The molecule has 4 atom stereocenters. The molecule has 0 amide bonds. The highest BCUT2D eigenvalue weighted by molar-refractivity contribution is 7.89. The Kier molecular flexibility index (Phi) is 8.80. The molecule has 0 radical (unpaired) electrons. The van der Waals surface area contributed by atoms with E-state index in [0.29, 0.717) is 77.3 Å². The Morgan fingerprint density at radius 3 is 2.57 bits per heavy atom. The van der Waals surface area contributed by atoms with E-state index in [4.69, 9.17) is 25.9 Å². The summed E-state index contributed by atoms with van der Waals surface area (Å²) in [5, 5.41) is 9.41. The summed E-state index contributed by atoms with van der Waals surface area (Å²) < 4.78 is 72.5. The Balaban J connectivity index is 0.877. The number of nitrogens with zero attached hydrogens (tertiary/aromatic N) is 8. The first-order valence-electron chi connectivity index (χ1n) is 20.5. The number of benzene rings is 3. The minimum atomic E-state index is -3.89. The van der Waals surface area contributed by atoms with Gasteiger partial charge in [-0.2, -0.15) is 18.4 Å². The first kappa shape index (κ1) is 37.3. The van der Waals surface area contributed by atoms with Crippen LogP contribution < -0.4 is 19.7 Å². The molecule has 3 aromatic heterocycles. The molecule has 1 N–H and O–H groups in total. The van der Waals surface area contributed by atoms with Crippen LogP contribution in [0, 0.1) is 24.0 Å². The third-order valence-electron chi connectivity index (χ3n) is 12.9. The van der Waals surface area contributed by atoms with Gasteiger partial charge in [-0.25, -0.2) is 13.8 Å². The summed E-state index contributed by atoms with van der Waals surface area (Å²) >= 11 is 0. The summed E-state index contributed by atoms with van der Waals surface area (Å²) in [5.41, 5.74) is 0.117. The molecule has 7 heterocycles. The van der Waals surface area contributed by atoms with Gasteiger partial charge in [0.25, 0.3) is 10.0 Å². The van der Waals surface area contributed by atoms with Crippen LogP contribution in [0.25, 0.3) is 32.9 Å². The molecule has 4 aliphatic heterocycles. The third-order valence-corrected chi connectivity index (χ3v) is 14.4. The Bertz CT molecular complexity index is 2840. The number of fused-ring (bicyclic) bond motifs is 5. The number of hydrogen-bond donors (Lipinski definition) is 1. The fraction of sp³-hybridized carbons (Fsp3) is 0.386. The van der Waals surface area contributed by atoms with Crippen molar-refractivity contribution < 1.29 is 26.7 Å². The molecule has 1 aliphatic carbocycles. The van der Waals surface area contributed by atoms with Crippen LogP contribution in [-0.2, 0) is 10.0 Å². The lowest BCUT2D eigenvalue weighted by Gasteiger charge is -2.34. The fourth-order valence-electron chi connectivity index (χ4n) is 9.82. The second-order valence-corrected chi connectivity index (χ2v) is 18.6. The molecule has 306 valence electrons. The molecule has 5 fully saturated rings. The first-order valence-corrected chi connectivity index (χ1v) is 22.0. The van der Waals surface area contributed by atoms with E-state index in [1.54, 1.807) is 42.6 Å². The highest BCUT2D eigenvalue weighted by atomic mass is 32.2. The maximum atomic E-state index is 17.1. The minimum Gasteiger partial charge on any atom is -0.489 e. The van der Waals surface area contributed by atoms with Crippen LogP contribution >= 0.6 is 0 Å². The van der Waals surface area contributed by atoms with Crippen molar-refractivity contribution >= 4 is 37.5 Å². The highest BCUT2D eigenvalue weighted by Gasteiger charge is 2.50. The Labute approximate surface area is 345 Å². The monoisotopic (exact) mass is 829 g/mol. The van der Waals surface area contributed by atoms with Crippen molar-refractivity contribution in [1.82, 2.24) is 39.3 Å². The number of aromatic nitrogens is 6. The van der Waals surface area contributed by atoms with Gasteiger partial charge in [-0.1, -0.05) is 30.2 Å². The molecule has 3 aromatic carbocycles. The SMILES string of the molecule is C#Cc1c(F)ccc2cccc(-c3ncc4c(N5C[C@H]6CC[C@@H](C5)N6)nc(OC[C@]56CCCN5C[C@H](Oc5ccc(S(=O)(=O)n7cnc(C8CC8)n7)cc5)C6)nc4c3F)c12. The Morgan fingerprint density at radius 2 is 1.78 bits per heavy atom. The van der Waals surface area contributed by atoms with Crippen LogP contribution in [0.2, 0.25) is 0 Å².